The second kappa shape index (κ2) is 6.23. The molecular formula is C17H11F2N5O. The smallest absolute Gasteiger partial charge is 0.245 e. The largest absolute Gasteiger partial charge is 0.336 e. The lowest BCUT2D eigenvalue weighted by molar-refractivity contribution is 0.314. The van der Waals surface area contributed by atoms with Crippen molar-refractivity contribution < 1.29 is 13.4 Å². The molecule has 4 aromatic rings. The minimum atomic E-state index is -0.421. The number of rotatable bonds is 4. The molecule has 2 aromatic heterocycles. The van der Waals surface area contributed by atoms with Crippen LogP contribution >= 0.6 is 0 Å². The number of para-hydroxylation sites is 1. The van der Waals surface area contributed by atoms with Crippen LogP contribution in [-0.4, -0.2) is 20.3 Å². The van der Waals surface area contributed by atoms with E-state index in [1.54, 1.807) is 30.3 Å². The third kappa shape index (κ3) is 3.14. The first kappa shape index (κ1) is 15.1. The van der Waals surface area contributed by atoms with E-state index in [0.29, 0.717) is 17.9 Å². The van der Waals surface area contributed by atoms with Crippen LogP contribution in [0.4, 0.5) is 20.3 Å². The second-order valence-corrected chi connectivity index (χ2v) is 5.34. The molecule has 0 fully saturated rings. The molecule has 0 saturated carbocycles. The van der Waals surface area contributed by atoms with Crippen LogP contribution in [0, 0.1) is 11.6 Å². The summed E-state index contributed by atoms with van der Waals surface area (Å²) in [5.41, 5.74) is 2.05. The lowest BCUT2D eigenvalue weighted by Crippen LogP contribution is -2.05. The summed E-state index contributed by atoms with van der Waals surface area (Å²) in [6.07, 6.45) is 0.354. The number of hydrogen-bond acceptors (Lipinski definition) is 6. The Hall–Kier alpha value is -3.42. The van der Waals surface area contributed by atoms with Crippen molar-refractivity contribution in [1.82, 2.24) is 20.3 Å². The van der Waals surface area contributed by atoms with Crippen molar-refractivity contribution >= 4 is 22.8 Å². The normalized spacial score (nSPS) is 11.0. The molecule has 0 aliphatic carbocycles. The van der Waals surface area contributed by atoms with E-state index in [-0.39, 0.29) is 22.8 Å². The first-order chi connectivity index (χ1) is 12.2. The molecule has 8 heteroatoms. The summed E-state index contributed by atoms with van der Waals surface area (Å²) in [6.45, 7) is 0. The van der Waals surface area contributed by atoms with Gasteiger partial charge in [0.1, 0.15) is 11.6 Å². The maximum Gasteiger partial charge on any atom is 0.245 e. The van der Waals surface area contributed by atoms with Gasteiger partial charge in [-0.3, -0.25) is 0 Å². The number of halogens is 2. The monoisotopic (exact) mass is 339 g/mol. The molecule has 0 radical (unpaired) electrons. The molecular weight excluding hydrogens is 328 g/mol. The van der Waals surface area contributed by atoms with E-state index in [9.17, 15) is 8.78 Å². The zero-order valence-electron chi connectivity index (χ0n) is 12.8. The molecule has 1 N–H and O–H groups in total. The van der Waals surface area contributed by atoms with E-state index in [1.807, 2.05) is 0 Å². The van der Waals surface area contributed by atoms with Gasteiger partial charge in [0.05, 0.1) is 11.4 Å². The van der Waals surface area contributed by atoms with Crippen molar-refractivity contribution in [2.45, 2.75) is 6.42 Å². The molecule has 0 amide bonds. The molecule has 0 aliphatic rings. The average molecular weight is 339 g/mol. The van der Waals surface area contributed by atoms with Crippen LogP contribution in [0.1, 0.15) is 11.3 Å². The van der Waals surface area contributed by atoms with Gasteiger partial charge in [-0.1, -0.05) is 24.3 Å². The topological polar surface area (TPSA) is 76.7 Å². The molecule has 0 atom stereocenters. The number of hydrogen-bond donors (Lipinski definition) is 1. The summed E-state index contributed by atoms with van der Waals surface area (Å²) in [5.74, 6) is -0.413. The lowest BCUT2D eigenvalue weighted by Gasteiger charge is -2.10. The van der Waals surface area contributed by atoms with Crippen LogP contribution < -0.4 is 5.32 Å². The van der Waals surface area contributed by atoms with Crippen molar-refractivity contribution in [3.05, 3.63) is 71.4 Å². The summed E-state index contributed by atoms with van der Waals surface area (Å²) in [6, 6.07) is 12.2. The summed E-state index contributed by atoms with van der Waals surface area (Å²) < 4.78 is 31.7. The van der Waals surface area contributed by atoms with Gasteiger partial charge in [-0.25, -0.2) is 23.4 Å². The van der Waals surface area contributed by atoms with Gasteiger partial charge in [0.25, 0.3) is 0 Å². The van der Waals surface area contributed by atoms with Crippen LogP contribution in [-0.2, 0) is 6.42 Å². The van der Waals surface area contributed by atoms with Crippen molar-refractivity contribution in [1.29, 1.82) is 0 Å². The predicted molar refractivity (Wildman–Crippen MR) is 86.3 cm³/mol. The number of nitrogens with zero attached hydrogens (tertiary/aromatic N) is 4. The van der Waals surface area contributed by atoms with Gasteiger partial charge in [0.15, 0.2) is 5.82 Å². The molecule has 0 unspecified atom stereocenters. The molecule has 2 aromatic carbocycles. The highest BCUT2D eigenvalue weighted by molar-refractivity contribution is 5.69. The van der Waals surface area contributed by atoms with Gasteiger partial charge in [0, 0.05) is 6.42 Å². The molecule has 0 bridgehead atoms. The Bertz CT molecular complexity index is 1030. The van der Waals surface area contributed by atoms with Gasteiger partial charge in [-0.2, -0.15) is 0 Å². The van der Waals surface area contributed by atoms with Crippen molar-refractivity contribution in [2.75, 3.05) is 5.32 Å². The van der Waals surface area contributed by atoms with E-state index in [0.717, 1.165) is 5.56 Å². The Kier molecular flexibility index (Phi) is 3.77. The molecule has 6 nitrogen and oxygen atoms in total. The van der Waals surface area contributed by atoms with E-state index < -0.39 is 5.82 Å². The van der Waals surface area contributed by atoms with Crippen molar-refractivity contribution in [3.63, 3.8) is 0 Å². The first-order valence-electron chi connectivity index (χ1n) is 7.44. The maximum atomic E-state index is 13.9. The summed E-state index contributed by atoms with van der Waals surface area (Å²) in [7, 11) is 0. The number of fused-ring (bicyclic) bond motifs is 1. The summed E-state index contributed by atoms with van der Waals surface area (Å²) in [4.78, 5) is 8.67. The molecule has 0 spiro atoms. The SMILES string of the molecule is Fc1ccc(Cc2nc3nonc3nc2Nc2ccccc2F)cc1. The Labute approximate surface area is 140 Å². The summed E-state index contributed by atoms with van der Waals surface area (Å²) in [5, 5.41) is 10.3. The number of nitrogens with one attached hydrogen (secondary N) is 1. The van der Waals surface area contributed by atoms with E-state index in [4.69, 9.17) is 0 Å². The Morgan fingerprint density at radius 3 is 2.36 bits per heavy atom. The van der Waals surface area contributed by atoms with Gasteiger partial charge >= 0.3 is 0 Å². The third-order valence-corrected chi connectivity index (χ3v) is 3.60. The van der Waals surface area contributed by atoms with Crippen LogP contribution in [0.2, 0.25) is 0 Å². The van der Waals surface area contributed by atoms with Crippen LogP contribution in [0.5, 0.6) is 0 Å². The Morgan fingerprint density at radius 1 is 0.880 bits per heavy atom. The molecule has 0 saturated heterocycles. The highest BCUT2D eigenvalue weighted by Gasteiger charge is 2.14. The summed E-state index contributed by atoms with van der Waals surface area (Å²) >= 11 is 0. The third-order valence-electron chi connectivity index (χ3n) is 3.60. The molecule has 2 heterocycles. The van der Waals surface area contributed by atoms with Gasteiger partial charge in [-0.15, -0.1) is 0 Å². The van der Waals surface area contributed by atoms with E-state index in [1.165, 1.54) is 18.2 Å². The maximum absolute atomic E-state index is 13.9. The van der Waals surface area contributed by atoms with Crippen LogP contribution in [0.3, 0.4) is 0 Å². The fourth-order valence-electron chi connectivity index (χ4n) is 2.38. The lowest BCUT2D eigenvalue weighted by atomic mass is 10.1. The number of aromatic nitrogens is 4. The highest BCUT2D eigenvalue weighted by atomic mass is 19.1. The average Bonchev–Trinajstić information content (AvgIpc) is 3.06. The Morgan fingerprint density at radius 2 is 1.60 bits per heavy atom. The highest BCUT2D eigenvalue weighted by Crippen LogP contribution is 2.24. The fraction of sp³-hybridized carbons (Fsp3) is 0.0588. The van der Waals surface area contributed by atoms with Crippen molar-refractivity contribution in [3.8, 4) is 0 Å². The van der Waals surface area contributed by atoms with Gasteiger partial charge in [0.2, 0.25) is 11.3 Å². The minimum Gasteiger partial charge on any atom is -0.336 e. The molecule has 124 valence electrons. The second-order valence-electron chi connectivity index (χ2n) is 5.34. The first-order valence-corrected chi connectivity index (χ1v) is 7.44. The zero-order chi connectivity index (χ0) is 17.2. The number of anilines is 2. The van der Waals surface area contributed by atoms with Crippen LogP contribution in [0.15, 0.2) is 53.2 Å². The number of benzene rings is 2. The Balaban J connectivity index is 1.75. The molecule has 0 aliphatic heterocycles. The van der Waals surface area contributed by atoms with E-state index >= 15 is 0 Å². The van der Waals surface area contributed by atoms with Crippen LogP contribution in [0.25, 0.3) is 11.3 Å². The van der Waals surface area contributed by atoms with Gasteiger partial charge in [-0.05, 0) is 40.1 Å². The predicted octanol–water partition coefficient (Wildman–Crippen LogP) is 3.63. The zero-order valence-corrected chi connectivity index (χ0v) is 12.8. The quantitative estimate of drug-likeness (QED) is 0.612. The van der Waals surface area contributed by atoms with Crippen molar-refractivity contribution in [2.24, 2.45) is 0 Å². The molecule has 25 heavy (non-hydrogen) atoms. The molecule has 4 rings (SSSR count). The fourth-order valence-corrected chi connectivity index (χ4v) is 2.38. The standard InChI is InChI=1S/C17H11F2N5O/c18-11-7-5-10(6-8-11)9-14-15(20-13-4-2-1-3-12(13)19)22-17-16(21-14)23-25-24-17/h1-8H,9H2,(H,20,22,24). The van der Waals surface area contributed by atoms with Gasteiger partial charge < -0.3 is 5.32 Å². The minimum absolute atomic E-state index is 0.210. The van der Waals surface area contributed by atoms with E-state index in [2.05, 4.69) is 30.2 Å².